The number of aliphatic hydroxyl groups is 1. The van der Waals surface area contributed by atoms with Crippen molar-refractivity contribution in [1.29, 1.82) is 0 Å². The van der Waals surface area contributed by atoms with Gasteiger partial charge in [-0.1, -0.05) is 25.3 Å². The molecule has 7 heteroatoms. The lowest BCUT2D eigenvalue weighted by Crippen LogP contribution is -2.41. The van der Waals surface area contributed by atoms with Crippen LogP contribution in [0.3, 0.4) is 0 Å². The number of nitrogens with zero attached hydrogens (tertiary/aromatic N) is 1. The molecule has 2 unspecified atom stereocenters. The number of carbonyl (C=O) groups excluding carboxylic acids is 1. The van der Waals surface area contributed by atoms with Crippen molar-refractivity contribution in [3.63, 3.8) is 0 Å². The zero-order valence-electron chi connectivity index (χ0n) is 12.3. The number of amides is 1. The van der Waals surface area contributed by atoms with E-state index in [1.54, 1.807) is 0 Å². The van der Waals surface area contributed by atoms with E-state index in [-0.39, 0.29) is 35.5 Å². The summed E-state index contributed by atoms with van der Waals surface area (Å²) < 4.78 is 0. The van der Waals surface area contributed by atoms with E-state index in [1.165, 1.54) is 18.2 Å². The summed E-state index contributed by atoms with van der Waals surface area (Å²) in [6, 6.07) is 4.06. The fraction of sp³-hybridized carbons (Fsp3) is 0.533. The number of nitro groups is 1. The summed E-state index contributed by atoms with van der Waals surface area (Å²) in [6.45, 7) is 0.0232. The molecule has 4 N–H and O–H groups in total. The number of hydrogen-bond acceptors (Lipinski definition) is 5. The molecule has 0 aliphatic heterocycles. The first-order valence-corrected chi connectivity index (χ1v) is 7.49. The Hall–Kier alpha value is -2.15. The maximum Gasteiger partial charge on any atom is 0.292 e. The van der Waals surface area contributed by atoms with Gasteiger partial charge in [-0.3, -0.25) is 14.9 Å². The summed E-state index contributed by atoms with van der Waals surface area (Å²) in [5, 5.41) is 23.2. The Labute approximate surface area is 128 Å². The first-order valence-electron chi connectivity index (χ1n) is 7.49. The Morgan fingerprint density at radius 2 is 2.09 bits per heavy atom. The van der Waals surface area contributed by atoms with E-state index in [9.17, 15) is 20.0 Å². The third kappa shape index (κ3) is 3.54. The topological polar surface area (TPSA) is 118 Å². The van der Waals surface area contributed by atoms with E-state index in [0.29, 0.717) is 0 Å². The fourth-order valence-corrected chi connectivity index (χ4v) is 2.95. The van der Waals surface area contributed by atoms with Crippen LogP contribution >= 0.6 is 0 Å². The standard InChI is InChI=1S/C15H21N3O4/c16-14-11(6-4-8-13(14)18(21)22)15(20)17-12-7-3-1-2-5-10(12)9-19/h4,6,8,10,12,19H,1-3,5,7,9,16H2,(H,17,20). The monoisotopic (exact) mass is 307 g/mol. The van der Waals surface area contributed by atoms with E-state index >= 15 is 0 Å². The van der Waals surface area contributed by atoms with E-state index < -0.39 is 10.8 Å². The van der Waals surface area contributed by atoms with Crippen molar-refractivity contribution in [3.05, 3.63) is 33.9 Å². The Morgan fingerprint density at radius 1 is 1.36 bits per heavy atom. The van der Waals surface area contributed by atoms with E-state index in [2.05, 4.69) is 5.32 Å². The Morgan fingerprint density at radius 3 is 2.77 bits per heavy atom. The van der Waals surface area contributed by atoms with Crippen LogP contribution in [0, 0.1) is 16.0 Å². The summed E-state index contributed by atoms with van der Waals surface area (Å²) in [6.07, 6.45) is 4.78. The summed E-state index contributed by atoms with van der Waals surface area (Å²) in [5.74, 6) is -0.405. The van der Waals surface area contributed by atoms with Gasteiger partial charge in [0.25, 0.3) is 11.6 Å². The average Bonchev–Trinajstić information content (AvgIpc) is 2.72. The molecular weight excluding hydrogens is 286 g/mol. The lowest BCUT2D eigenvalue weighted by atomic mass is 9.95. The third-order valence-electron chi connectivity index (χ3n) is 4.23. The number of nitrogens with one attached hydrogen (secondary N) is 1. The maximum absolute atomic E-state index is 12.4. The Balaban J connectivity index is 2.17. The largest absolute Gasteiger partial charge is 0.396 e. The molecule has 7 nitrogen and oxygen atoms in total. The number of benzene rings is 1. The van der Waals surface area contributed by atoms with Crippen molar-refractivity contribution < 1.29 is 14.8 Å². The highest BCUT2D eigenvalue weighted by Crippen LogP contribution is 2.27. The number of para-hydroxylation sites is 1. The molecule has 0 spiro atoms. The summed E-state index contributed by atoms with van der Waals surface area (Å²) in [7, 11) is 0. The van der Waals surface area contributed by atoms with E-state index in [1.807, 2.05) is 0 Å². The molecule has 1 saturated carbocycles. The normalized spacial score (nSPS) is 21.9. The first-order chi connectivity index (χ1) is 10.5. The average molecular weight is 307 g/mol. The minimum Gasteiger partial charge on any atom is -0.396 e. The van der Waals surface area contributed by atoms with Gasteiger partial charge in [0.1, 0.15) is 5.69 Å². The highest BCUT2D eigenvalue weighted by Gasteiger charge is 2.26. The van der Waals surface area contributed by atoms with Gasteiger partial charge in [-0.05, 0) is 18.9 Å². The second-order valence-electron chi connectivity index (χ2n) is 5.66. The lowest BCUT2D eigenvalue weighted by molar-refractivity contribution is -0.383. The second-order valence-corrected chi connectivity index (χ2v) is 5.66. The summed E-state index contributed by atoms with van der Waals surface area (Å²) >= 11 is 0. The van der Waals surface area contributed by atoms with Gasteiger partial charge in [-0.15, -0.1) is 0 Å². The van der Waals surface area contributed by atoms with Crippen LogP contribution in [0.15, 0.2) is 18.2 Å². The number of hydrogen-bond donors (Lipinski definition) is 3. The zero-order valence-corrected chi connectivity index (χ0v) is 12.3. The molecule has 1 aromatic carbocycles. The number of nitrogen functional groups attached to an aromatic ring is 1. The predicted octanol–water partition coefficient (Wildman–Crippen LogP) is 1.85. The van der Waals surface area contributed by atoms with Gasteiger partial charge in [-0.25, -0.2) is 0 Å². The molecule has 1 amide bonds. The minimum absolute atomic E-state index is 0.0198. The van der Waals surface area contributed by atoms with Crippen LogP contribution in [0.4, 0.5) is 11.4 Å². The fourth-order valence-electron chi connectivity index (χ4n) is 2.95. The smallest absolute Gasteiger partial charge is 0.292 e. The minimum atomic E-state index is -0.603. The van der Waals surface area contributed by atoms with Crippen LogP contribution in [0.2, 0.25) is 0 Å². The van der Waals surface area contributed by atoms with Gasteiger partial charge in [0.05, 0.1) is 10.5 Å². The van der Waals surface area contributed by atoms with Crippen molar-refractivity contribution in [2.24, 2.45) is 5.92 Å². The van der Waals surface area contributed by atoms with Crippen LogP contribution in [-0.2, 0) is 0 Å². The molecule has 0 radical (unpaired) electrons. The molecular formula is C15H21N3O4. The number of nitrogens with two attached hydrogens (primary N) is 1. The molecule has 0 heterocycles. The summed E-state index contributed by atoms with van der Waals surface area (Å²) in [5.41, 5.74) is 5.45. The molecule has 1 aliphatic rings. The predicted molar refractivity (Wildman–Crippen MR) is 82.4 cm³/mol. The van der Waals surface area contributed by atoms with Gasteiger partial charge in [0.15, 0.2) is 0 Å². The third-order valence-corrected chi connectivity index (χ3v) is 4.23. The molecule has 1 aliphatic carbocycles. The molecule has 2 atom stereocenters. The Bertz CT molecular complexity index is 562. The van der Waals surface area contributed by atoms with Crippen molar-refractivity contribution >= 4 is 17.3 Å². The number of rotatable bonds is 4. The van der Waals surface area contributed by atoms with Gasteiger partial charge in [0.2, 0.25) is 0 Å². The van der Waals surface area contributed by atoms with E-state index in [4.69, 9.17) is 5.73 Å². The molecule has 1 fully saturated rings. The number of carbonyl (C=O) groups is 1. The zero-order chi connectivity index (χ0) is 16.1. The van der Waals surface area contributed by atoms with Gasteiger partial charge in [-0.2, -0.15) is 0 Å². The van der Waals surface area contributed by atoms with Gasteiger partial charge >= 0.3 is 0 Å². The van der Waals surface area contributed by atoms with Crippen LogP contribution < -0.4 is 11.1 Å². The second kappa shape index (κ2) is 7.22. The Kier molecular flexibility index (Phi) is 5.32. The SMILES string of the molecule is Nc1c(C(=O)NC2CCCCCC2CO)cccc1[N+](=O)[O-]. The van der Waals surface area contributed by atoms with E-state index in [0.717, 1.165) is 32.1 Å². The maximum atomic E-state index is 12.4. The lowest BCUT2D eigenvalue weighted by Gasteiger charge is -2.24. The van der Waals surface area contributed by atoms with Crippen LogP contribution in [0.1, 0.15) is 42.5 Å². The van der Waals surface area contributed by atoms with Gasteiger partial charge in [0, 0.05) is 24.6 Å². The van der Waals surface area contributed by atoms with Crippen LogP contribution in [0.25, 0.3) is 0 Å². The summed E-state index contributed by atoms with van der Waals surface area (Å²) in [4.78, 5) is 22.7. The van der Waals surface area contributed by atoms with Crippen molar-refractivity contribution in [2.45, 2.75) is 38.1 Å². The quantitative estimate of drug-likeness (QED) is 0.339. The highest BCUT2D eigenvalue weighted by molar-refractivity contribution is 6.01. The van der Waals surface area contributed by atoms with Crippen molar-refractivity contribution in [2.75, 3.05) is 12.3 Å². The van der Waals surface area contributed by atoms with Gasteiger partial charge < -0.3 is 16.2 Å². The van der Waals surface area contributed by atoms with Crippen LogP contribution in [-0.4, -0.2) is 28.6 Å². The van der Waals surface area contributed by atoms with Crippen molar-refractivity contribution in [3.8, 4) is 0 Å². The molecule has 22 heavy (non-hydrogen) atoms. The first kappa shape index (κ1) is 16.2. The number of anilines is 1. The molecule has 0 bridgehead atoms. The number of aliphatic hydroxyl groups excluding tert-OH is 1. The molecule has 0 saturated heterocycles. The molecule has 120 valence electrons. The molecule has 0 aromatic heterocycles. The highest BCUT2D eigenvalue weighted by atomic mass is 16.6. The van der Waals surface area contributed by atoms with Crippen molar-refractivity contribution in [1.82, 2.24) is 5.32 Å². The molecule has 1 aromatic rings. The number of nitro benzene ring substituents is 1. The molecule has 2 rings (SSSR count). The van der Waals surface area contributed by atoms with Crippen LogP contribution in [0.5, 0.6) is 0 Å².